The molecule has 2 heterocycles. The fraction of sp³-hybridized carbons (Fsp3) is 0.429. The number of rotatable bonds is 0. The second-order valence-corrected chi connectivity index (χ2v) is 9.16. The first kappa shape index (κ1) is 16.9. The van der Waals surface area contributed by atoms with Crippen LogP contribution in [0.3, 0.4) is 0 Å². The summed E-state index contributed by atoms with van der Waals surface area (Å²) in [5.41, 5.74) is 3.79. The maximum Gasteiger partial charge on any atom is 0.164 e. The van der Waals surface area contributed by atoms with Crippen LogP contribution in [-0.2, 0) is 0 Å². The number of hydrogen-bond acceptors (Lipinski definition) is 2. The molecule has 1 nitrogen and oxygen atoms in total. The van der Waals surface area contributed by atoms with E-state index in [1.165, 1.54) is 17.3 Å². The first-order chi connectivity index (χ1) is 11.9. The monoisotopic (exact) mass is 359 g/mol. The Morgan fingerprint density at radius 2 is 1.80 bits per heavy atom. The van der Waals surface area contributed by atoms with Gasteiger partial charge in [-0.2, -0.15) is 11.8 Å². The SMILES string of the molecule is CC(C)(C)C1c2ccccc2N2CCSCC2c2c1ccc(F)c2F. The highest BCUT2D eigenvalue weighted by atomic mass is 32.2. The molecule has 0 saturated carbocycles. The van der Waals surface area contributed by atoms with Crippen LogP contribution in [0, 0.1) is 17.0 Å². The van der Waals surface area contributed by atoms with E-state index in [0.717, 1.165) is 23.6 Å². The van der Waals surface area contributed by atoms with Crippen molar-refractivity contribution in [2.45, 2.75) is 32.7 Å². The predicted octanol–water partition coefficient (Wildman–Crippen LogP) is 5.75. The summed E-state index contributed by atoms with van der Waals surface area (Å²) >= 11 is 1.82. The minimum Gasteiger partial charge on any atom is -0.362 e. The molecule has 0 bridgehead atoms. The van der Waals surface area contributed by atoms with Gasteiger partial charge >= 0.3 is 0 Å². The Kier molecular flexibility index (Phi) is 4.06. The molecule has 1 fully saturated rings. The van der Waals surface area contributed by atoms with Crippen molar-refractivity contribution in [2.24, 2.45) is 5.41 Å². The van der Waals surface area contributed by atoms with Gasteiger partial charge in [0.1, 0.15) is 0 Å². The summed E-state index contributed by atoms with van der Waals surface area (Å²) in [6.45, 7) is 7.40. The fourth-order valence-corrected chi connectivity index (χ4v) is 5.46. The lowest BCUT2D eigenvalue weighted by molar-refractivity contribution is 0.356. The molecule has 132 valence electrons. The van der Waals surface area contributed by atoms with Gasteiger partial charge in [0.25, 0.3) is 0 Å². The smallest absolute Gasteiger partial charge is 0.164 e. The van der Waals surface area contributed by atoms with E-state index in [1.807, 2.05) is 23.9 Å². The van der Waals surface area contributed by atoms with Crippen LogP contribution in [-0.4, -0.2) is 18.1 Å². The average molecular weight is 359 g/mol. The molecule has 2 atom stereocenters. The molecule has 2 aliphatic heterocycles. The number of nitrogens with zero attached hydrogens (tertiary/aromatic N) is 1. The molecule has 2 aromatic carbocycles. The van der Waals surface area contributed by atoms with Crippen LogP contribution in [0.1, 0.15) is 49.4 Å². The van der Waals surface area contributed by atoms with E-state index in [9.17, 15) is 4.39 Å². The van der Waals surface area contributed by atoms with Gasteiger partial charge in [-0.25, -0.2) is 8.78 Å². The Labute approximate surface area is 152 Å². The van der Waals surface area contributed by atoms with Gasteiger partial charge in [0.05, 0.1) is 6.04 Å². The second-order valence-electron chi connectivity index (χ2n) is 8.01. The number of para-hydroxylation sites is 1. The standard InChI is InChI=1S/C21H23F2NS/c1-21(2,3)19-13-6-4-5-7-16(13)24-10-11-25-12-17(24)18-14(19)8-9-15(22)20(18)23/h4-9,17,19H,10-12H2,1-3H3. The molecule has 2 aliphatic rings. The minimum atomic E-state index is -0.743. The van der Waals surface area contributed by atoms with Crippen molar-refractivity contribution >= 4 is 17.4 Å². The Balaban J connectivity index is 2.07. The van der Waals surface area contributed by atoms with Crippen LogP contribution in [0.4, 0.5) is 14.5 Å². The maximum absolute atomic E-state index is 15.0. The molecule has 2 unspecified atom stereocenters. The summed E-state index contributed by atoms with van der Waals surface area (Å²) in [5.74, 6) is 0.421. The van der Waals surface area contributed by atoms with Crippen molar-refractivity contribution in [1.82, 2.24) is 0 Å². The van der Waals surface area contributed by atoms with Gasteiger partial charge in [-0.05, 0) is 28.7 Å². The lowest BCUT2D eigenvalue weighted by Gasteiger charge is -2.37. The summed E-state index contributed by atoms with van der Waals surface area (Å²) < 4.78 is 29.2. The highest BCUT2D eigenvalue weighted by Gasteiger charge is 2.41. The summed E-state index contributed by atoms with van der Waals surface area (Å²) in [4.78, 5) is 2.29. The molecule has 25 heavy (non-hydrogen) atoms. The molecule has 0 aliphatic carbocycles. The molecule has 0 radical (unpaired) electrons. The van der Waals surface area contributed by atoms with Gasteiger partial charge in [-0.3, -0.25) is 0 Å². The highest BCUT2D eigenvalue weighted by molar-refractivity contribution is 7.99. The van der Waals surface area contributed by atoms with Gasteiger partial charge < -0.3 is 4.90 Å². The second kappa shape index (κ2) is 6.01. The molecule has 4 rings (SSSR count). The van der Waals surface area contributed by atoms with Crippen LogP contribution in [0.15, 0.2) is 36.4 Å². The number of benzene rings is 2. The zero-order chi connectivity index (χ0) is 17.8. The molecular formula is C21H23F2NS. The van der Waals surface area contributed by atoms with E-state index in [2.05, 4.69) is 43.9 Å². The molecule has 2 aromatic rings. The van der Waals surface area contributed by atoms with Gasteiger partial charge in [0.15, 0.2) is 11.6 Å². The van der Waals surface area contributed by atoms with Crippen molar-refractivity contribution in [3.8, 4) is 0 Å². The average Bonchev–Trinajstić information content (AvgIpc) is 2.70. The van der Waals surface area contributed by atoms with Crippen molar-refractivity contribution < 1.29 is 8.78 Å². The Bertz CT molecular complexity index is 812. The molecule has 1 saturated heterocycles. The van der Waals surface area contributed by atoms with Gasteiger partial charge in [0, 0.05) is 35.2 Å². The Morgan fingerprint density at radius 3 is 2.56 bits per heavy atom. The number of halogens is 2. The van der Waals surface area contributed by atoms with Crippen molar-refractivity contribution in [3.63, 3.8) is 0 Å². The maximum atomic E-state index is 15.0. The van der Waals surface area contributed by atoms with Crippen LogP contribution < -0.4 is 4.90 Å². The Morgan fingerprint density at radius 1 is 1.04 bits per heavy atom. The molecule has 0 spiro atoms. The van der Waals surface area contributed by atoms with Gasteiger partial charge in [-0.15, -0.1) is 0 Å². The van der Waals surface area contributed by atoms with Crippen LogP contribution in [0.2, 0.25) is 0 Å². The Hall–Kier alpha value is -1.55. The van der Waals surface area contributed by atoms with Crippen molar-refractivity contribution in [1.29, 1.82) is 0 Å². The summed E-state index contributed by atoms with van der Waals surface area (Å²) in [6, 6.07) is 11.4. The summed E-state index contributed by atoms with van der Waals surface area (Å²) in [7, 11) is 0. The molecule has 0 aromatic heterocycles. The topological polar surface area (TPSA) is 3.24 Å². The fourth-order valence-electron chi connectivity index (χ4n) is 4.40. The highest BCUT2D eigenvalue weighted by Crippen LogP contribution is 2.52. The number of anilines is 1. The third kappa shape index (κ3) is 2.66. The lowest BCUT2D eigenvalue weighted by atomic mass is 9.71. The quantitative estimate of drug-likeness (QED) is 0.589. The van der Waals surface area contributed by atoms with Gasteiger partial charge in [-0.1, -0.05) is 45.0 Å². The van der Waals surface area contributed by atoms with E-state index < -0.39 is 11.6 Å². The van der Waals surface area contributed by atoms with Crippen LogP contribution in [0.5, 0.6) is 0 Å². The first-order valence-corrected chi connectivity index (χ1v) is 9.96. The van der Waals surface area contributed by atoms with Crippen LogP contribution >= 0.6 is 11.8 Å². The number of hydrogen-bond donors (Lipinski definition) is 0. The first-order valence-electron chi connectivity index (χ1n) is 8.80. The zero-order valence-electron chi connectivity index (χ0n) is 14.9. The van der Waals surface area contributed by atoms with Crippen molar-refractivity contribution in [2.75, 3.05) is 23.0 Å². The summed E-state index contributed by atoms with van der Waals surface area (Å²) in [6.07, 6.45) is 0. The van der Waals surface area contributed by atoms with Gasteiger partial charge in [0.2, 0.25) is 0 Å². The zero-order valence-corrected chi connectivity index (χ0v) is 15.7. The number of thioether (sulfide) groups is 1. The van der Waals surface area contributed by atoms with E-state index in [4.69, 9.17) is 0 Å². The van der Waals surface area contributed by atoms with E-state index in [-0.39, 0.29) is 17.4 Å². The molecule has 4 heteroatoms. The largest absolute Gasteiger partial charge is 0.362 e. The lowest BCUT2D eigenvalue weighted by Crippen LogP contribution is -2.36. The number of fused-ring (bicyclic) bond motifs is 5. The third-order valence-electron chi connectivity index (χ3n) is 5.36. The van der Waals surface area contributed by atoms with E-state index in [1.54, 1.807) is 0 Å². The minimum absolute atomic E-state index is 0.0319. The molecule has 0 N–H and O–H groups in total. The van der Waals surface area contributed by atoms with E-state index >= 15 is 4.39 Å². The normalized spacial score (nSPS) is 22.7. The molecule has 0 amide bonds. The predicted molar refractivity (Wildman–Crippen MR) is 102 cm³/mol. The van der Waals surface area contributed by atoms with E-state index in [0.29, 0.717) is 5.56 Å². The summed E-state index contributed by atoms with van der Waals surface area (Å²) in [5, 5.41) is 0. The third-order valence-corrected chi connectivity index (χ3v) is 6.38. The molecular weight excluding hydrogens is 336 g/mol. The van der Waals surface area contributed by atoms with Crippen molar-refractivity contribution in [3.05, 3.63) is 64.7 Å². The van der Waals surface area contributed by atoms with Crippen LogP contribution in [0.25, 0.3) is 0 Å².